The zero-order valence-corrected chi connectivity index (χ0v) is 8.62. The summed E-state index contributed by atoms with van der Waals surface area (Å²) in [6.07, 6.45) is 5.41. The highest BCUT2D eigenvalue weighted by molar-refractivity contribution is 7.12. The summed E-state index contributed by atoms with van der Waals surface area (Å²) in [5, 5.41) is 3.34. The second kappa shape index (κ2) is 3.10. The van der Waals surface area contributed by atoms with Crippen molar-refractivity contribution in [3.05, 3.63) is 21.4 Å². The molecule has 0 amide bonds. The van der Waals surface area contributed by atoms with Crippen LogP contribution in [-0.4, -0.2) is 13.1 Å². The van der Waals surface area contributed by atoms with Crippen LogP contribution in [0.1, 0.15) is 21.7 Å². The van der Waals surface area contributed by atoms with E-state index in [0.29, 0.717) is 0 Å². The monoisotopic (exact) mass is 193 g/mol. The minimum Gasteiger partial charge on any atom is -0.316 e. The van der Waals surface area contributed by atoms with E-state index >= 15 is 0 Å². The topological polar surface area (TPSA) is 12.0 Å². The van der Waals surface area contributed by atoms with Crippen LogP contribution in [0, 0.1) is 5.92 Å². The van der Waals surface area contributed by atoms with Crippen LogP contribution in [0.3, 0.4) is 0 Å². The van der Waals surface area contributed by atoms with E-state index in [-0.39, 0.29) is 0 Å². The minimum absolute atomic E-state index is 0.929. The predicted octanol–water partition coefficient (Wildman–Crippen LogP) is 2.00. The summed E-state index contributed by atoms with van der Waals surface area (Å²) in [5.74, 6) is 0.929. The first-order valence-electron chi connectivity index (χ1n) is 5.23. The Labute approximate surface area is 83.2 Å². The fourth-order valence-corrected chi connectivity index (χ4v) is 3.64. The Hall–Kier alpha value is -0.340. The minimum atomic E-state index is 0.929. The van der Waals surface area contributed by atoms with Crippen LogP contribution in [0.4, 0.5) is 0 Å². The molecule has 70 valence electrons. The first kappa shape index (κ1) is 8.01. The Balaban J connectivity index is 1.74. The summed E-state index contributed by atoms with van der Waals surface area (Å²) in [6, 6.07) is 2.46. The van der Waals surface area contributed by atoms with E-state index in [1.54, 1.807) is 15.3 Å². The summed E-state index contributed by atoms with van der Waals surface area (Å²) < 4.78 is 0. The standard InChI is InChI=1S/C11H15NS/c1-2-9-5-10(13-11(9)3-1)4-8-6-12-7-8/h5,8,12H,1-4,6-7H2. The molecule has 3 rings (SSSR count). The quantitative estimate of drug-likeness (QED) is 0.757. The van der Waals surface area contributed by atoms with E-state index < -0.39 is 0 Å². The van der Waals surface area contributed by atoms with Crippen molar-refractivity contribution in [3.63, 3.8) is 0 Å². The van der Waals surface area contributed by atoms with Gasteiger partial charge in [0, 0.05) is 9.75 Å². The Bertz CT molecular complexity index is 290. The largest absolute Gasteiger partial charge is 0.316 e. The molecule has 1 aliphatic heterocycles. The van der Waals surface area contributed by atoms with E-state index in [4.69, 9.17) is 0 Å². The second-order valence-corrected chi connectivity index (χ2v) is 5.46. The number of nitrogens with one attached hydrogen (secondary N) is 1. The lowest BCUT2D eigenvalue weighted by molar-refractivity contribution is 0.348. The zero-order chi connectivity index (χ0) is 8.67. The van der Waals surface area contributed by atoms with Crippen LogP contribution in [0.25, 0.3) is 0 Å². The van der Waals surface area contributed by atoms with Gasteiger partial charge in [0.05, 0.1) is 0 Å². The van der Waals surface area contributed by atoms with Gasteiger partial charge < -0.3 is 5.32 Å². The predicted molar refractivity (Wildman–Crippen MR) is 56.4 cm³/mol. The van der Waals surface area contributed by atoms with Crippen molar-refractivity contribution in [1.82, 2.24) is 5.32 Å². The third-order valence-corrected chi connectivity index (χ3v) is 4.41. The zero-order valence-electron chi connectivity index (χ0n) is 7.81. The van der Waals surface area contributed by atoms with Crippen molar-refractivity contribution in [3.8, 4) is 0 Å². The molecule has 0 bridgehead atoms. The normalized spacial score (nSPS) is 21.5. The van der Waals surface area contributed by atoms with E-state index in [9.17, 15) is 0 Å². The molecular formula is C11H15NS. The number of thiophene rings is 1. The van der Waals surface area contributed by atoms with Gasteiger partial charge in [0.1, 0.15) is 0 Å². The van der Waals surface area contributed by atoms with Crippen LogP contribution >= 0.6 is 11.3 Å². The maximum absolute atomic E-state index is 3.34. The van der Waals surface area contributed by atoms with Crippen molar-refractivity contribution in [2.75, 3.05) is 13.1 Å². The van der Waals surface area contributed by atoms with Crippen LogP contribution in [0.5, 0.6) is 0 Å². The molecular weight excluding hydrogens is 178 g/mol. The molecule has 1 N–H and O–H groups in total. The molecule has 0 atom stereocenters. The van der Waals surface area contributed by atoms with Crippen molar-refractivity contribution < 1.29 is 0 Å². The highest BCUT2D eigenvalue weighted by atomic mass is 32.1. The summed E-state index contributed by atoms with van der Waals surface area (Å²) in [4.78, 5) is 3.32. The third-order valence-electron chi connectivity index (χ3n) is 3.15. The van der Waals surface area contributed by atoms with Gasteiger partial charge in [-0.1, -0.05) is 0 Å². The van der Waals surface area contributed by atoms with Gasteiger partial charge in [0.2, 0.25) is 0 Å². The maximum Gasteiger partial charge on any atom is 0.00802 e. The van der Waals surface area contributed by atoms with Crippen molar-refractivity contribution in [1.29, 1.82) is 0 Å². The fourth-order valence-electron chi connectivity index (χ4n) is 2.27. The van der Waals surface area contributed by atoms with Gasteiger partial charge in [-0.3, -0.25) is 0 Å². The molecule has 0 aromatic carbocycles. The van der Waals surface area contributed by atoms with Crippen molar-refractivity contribution in [2.45, 2.75) is 25.7 Å². The third kappa shape index (κ3) is 1.42. The first-order chi connectivity index (χ1) is 6.42. The molecule has 1 aliphatic carbocycles. The van der Waals surface area contributed by atoms with Gasteiger partial charge in [0.15, 0.2) is 0 Å². The summed E-state index contributed by atoms with van der Waals surface area (Å²) in [6.45, 7) is 2.48. The van der Waals surface area contributed by atoms with Gasteiger partial charge in [-0.15, -0.1) is 11.3 Å². The molecule has 2 heterocycles. The Morgan fingerprint density at radius 1 is 1.38 bits per heavy atom. The van der Waals surface area contributed by atoms with E-state index in [0.717, 1.165) is 5.92 Å². The molecule has 2 heteroatoms. The number of hydrogen-bond acceptors (Lipinski definition) is 2. The summed E-state index contributed by atoms with van der Waals surface area (Å²) >= 11 is 2.07. The van der Waals surface area contributed by atoms with E-state index in [1.807, 2.05) is 0 Å². The average molecular weight is 193 g/mol. The van der Waals surface area contributed by atoms with Crippen LogP contribution in [0.2, 0.25) is 0 Å². The molecule has 0 unspecified atom stereocenters. The van der Waals surface area contributed by atoms with Gasteiger partial charge in [0.25, 0.3) is 0 Å². The Morgan fingerprint density at radius 3 is 3.00 bits per heavy atom. The molecule has 1 fully saturated rings. The van der Waals surface area contributed by atoms with Crippen molar-refractivity contribution in [2.24, 2.45) is 5.92 Å². The number of hydrogen-bond donors (Lipinski definition) is 1. The molecule has 1 nitrogen and oxygen atoms in total. The Morgan fingerprint density at radius 2 is 2.31 bits per heavy atom. The maximum atomic E-state index is 3.34. The molecule has 2 aliphatic rings. The van der Waals surface area contributed by atoms with Gasteiger partial charge in [-0.25, -0.2) is 0 Å². The summed E-state index contributed by atoms with van der Waals surface area (Å²) in [7, 11) is 0. The SMILES string of the molecule is c1c(CC2CNC2)sc2c1CCC2. The summed E-state index contributed by atoms with van der Waals surface area (Å²) in [5.41, 5.74) is 1.66. The molecule has 0 spiro atoms. The van der Waals surface area contributed by atoms with Gasteiger partial charge in [-0.2, -0.15) is 0 Å². The second-order valence-electron chi connectivity index (χ2n) is 4.24. The van der Waals surface area contributed by atoms with Crippen LogP contribution < -0.4 is 5.32 Å². The van der Waals surface area contributed by atoms with E-state index in [1.165, 1.54) is 38.8 Å². The molecule has 1 saturated heterocycles. The Kier molecular flexibility index (Phi) is 1.91. The molecule has 13 heavy (non-hydrogen) atoms. The lowest BCUT2D eigenvalue weighted by Gasteiger charge is -2.26. The average Bonchev–Trinajstić information content (AvgIpc) is 2.54. The lowest BCUT2D eigenvalue weighted by Crippen LogP contribution is -2.42. The molecule has 1 aromatic heterocycles. The number of fused-ring (bicyclic) bond motifs is 1. The fraction of sp³-hybridized carbons (Fsp3) is 0.636. The first-order valence-corrected chi connectivity index (χ1v) is 6.04. The highest BCUT2D eigenvalue weighted by Crippen LogP contribution is 2.32. The lowest BCUT2D eigenvalue weighted by atomic mass is 9.98. The molecule has 1 aromatic rings. The number of aryl methyl sites for hydroxylation is 2. The van der Waals surface area contributed by atoms with Gasteiger partial charge in [-0.05, 0) is 56.3 Å². The van der Waals surface area contributed by atoms with E-state index in [2.05, 4.69) is 22.7 Å². The molecule has 0 saturated carbocycles. The van der Waals surface area contributed by atoms with Crippen LogP contribution in [0.15, 0.2) is 6.07 Å². The number of rotatable bonds is 2. The van der Waals surface area contributed by atoms with Crippen molar-refractivity contribution >= 4 is 11.3 Å². The highest BCUT2D eigenvalue weighted by Gasteiger charge is 2.20. The smallest absolute Gasteiger partial charge is 0.00802 e. The van der Waals surface area contributed by atoms with Gasteiger partial charge >= 0.3 is 0 Å². The van der Waals surface area contributed by atoms with Crippen LogP contribution in [-0.2, 0) is 19.3 Å². The molecule has 0 radical (unpaired) electrons.